The van der Waals surface area contributed by atoms with Gasteiger partial charge in [-0.15, -0.1) is 0 Å². The number of Topliss-reactive ketones (excluding diaryl/α,β-unsaturated/α-hetero) is 1. The lowest BCUT2D eigenvalue weighted by atomic mass is 10.0. The van der Waals surface area contributed by atoms with Crippen LogP contribution in [0.5, 0.6) is 0 Å². The Bertz CT molecular complexity index is 496. The van der Waals surface area contributed by atoms with Gasteiger partial charge in [-0.1, -0.05) is 18.2 Å². The number of carbonyl (C=O) groups excluding carboxylic acids is 2. The summed E-state index contributed by atoms with van der Waals surface area (Å²) in [4.78, 5) is 23.2. The number of benzene rings is 1. The quantitative estimate of drug-likeness (QED) is 0.199. The molecule has 0 bridgehead atoms. The predicted molar refractivity (Wildman–Crippen MR) is 74.3 cm³/mol. The predicted octanol–water partition coefficient (Wildman–Crippen LogP) is -2.87. The first-order chi connectivity index (χ1) is 10.4. The van der Waals surface area contributed by atoms with Crippen molar-refractivity contribution in [3.05, 3.63) is 30.3 Å². The van der Waals surface area contributed by atoms with E-state index < -0.39 is 42.7 Å². The second kappa shape index (κ2) is 8.41. The van der Waals surface area contributed by atoms with Crippen LogP contribution in [-0.2, 0) is 9.59 Å². The third-order valence-electron chi connectivity index (χ3n) is 2.82. The van der Waals surface area contributed by atoms with Crippen LogP contribution in [0.25, 0.3) is 0 Å². The fourth-order valence-corrected chi connectivity index (χ4v) is 1.50. The van der Waals surface area contributed by atoms with Crippen molar-refractivity contribution in [3.8, 4) is 0 Å². The molecule has 0 fully saturated rings. The zero-order valence-corrected chi connectivity index (χ0v) is 11.5. The summed E-state index contributed by atoms with van der Waals surface area (Å²) in [5.74, 6) is -2.56. The fourth-order valence-electron chi connectivity index (χ4n) is 1.50. The first kappa shape index (κ1) is 18.0. The summed E-state index contributed by atoms with van der Waals surface area (Å²) in [6, 6.07) is 8.35. The second-order valence-corrected chi connectivity index (χ2v) is 4.47. The van der Waals surface area contributed by atoms with Crippen molar-refractivity contribution < 1.29 is 35.1 Å². The lowest BCUT2D eigenvalue weighted by Gasteiger charge is -2.22. The molecule has 1 amide bonds. The molecule has 0 unspecified atom stereocenters. The van der Waals surface area contributed by atoms with Gasteiger partial charge < -0.3 is 25.5 Å². The monoisotopic (exact) mass is 314 g/mol. The van der Waals surface area contributed by atoms with E-state index in [-0.39, 0.29) is 0 Å². The highest BCUT2D eigenvalue weighted by molar-refractivity contribution is 6.06. The summed E-state index contributed by atoms with van der Waals surface area (Å²) in [5, 5.41) is 46.1. The van der Waals surface area contributed by atoms with Crippen LogP contribution < -0.4 is 10.9 Å². The minimum Gasteiger partial charge on any atom is -0.394 e. The van der Waals surface area contributed by atoms with Gasteiger partial charge in [0.1, 0.15) is 18.3 Å². The maximum absolute atomic E-state index is 11.6. The molecule has 7 N–H and O–H groups in total. The first-order valence-corrected chi connectivity index (χ1v) is 6.36. The van der Waals surface area contributed by atoms with Crippen molar-refractivity contribution in [1.82, 2.24) is 5.43 Å². The number of hydrogen-bond acceptors (Lipinski definition) is 8. The number of anilines is 1. The van der Waals surface area contributed by atoms with Crippen molar-refractivity contribution >= 4 is 17.4 Å². The van der Waals surface area contributed by atoms with E-state index in [0.29, 0.717) is 5.69 Å². The molecule has 0 aromatic heterocycles. The van der Waals surface area contributed by atoms with Crippen LogP contribution in [0, 0.1) is 0 Å². The van der Waals surface area contributed by atoms with Gasteiger partial charge in [0.25, 0.3) is 5.91 Å². The van der Waals surface area contributed by atoms with Crippen LogP contribution in [0.1, 0.15) is 0 Å². The number of para-hydroxylation sites is 1. The smallest absolute Gasteiger partial charge is 0.274 e. The highest BCUT2D eigenvalue weighted by atomic mass is 16.4. The summed E-state index contributed by atoms with van der Waals surface area (Å²) in [5.41, 5.74) is 4.98. The fraction of sp³-hybridized carbons (Fsp3) is 0.385. The maximum atomic E-state index is 11.6. The largest absolute Gasteiger partial charge is 0.394 e. The van der Waals surface area contributed by atoms with Gasteiger partial charge in [-0.2, -0.15) is 0 Å². The van der Waals surface area contributed by atoms with Crippen molar-refractivity contribution in [2.24, 2.45) is 0 Å². The Hall–Kier alpha value is -2.04. The molecule has 9 nitrogen and oxygen atoms in total. The molecule has 0 saturated carbocycles. The van der Waals surface area contributed by atoms with Crippen molar-refractivity contribution in [2.45, 2.75) is 24.4 Å². The summed E-state index contributed by atoms with van der Waals surface area (Å²) in [6.45, 7) is -0.899. The number of ketones is 1. The van der Waals surface area contributed by atoms with E-state index in [0.717, 1.165) is 0 Å². The average molecular weight is 314 g/mol. The molecular weight excluding hydrogens is 296 g/mol. The molecule has 0 heterocycles. The van der Waals surface area contributed by atoms with Crippen molar-refractivity contribution in [1.29, 1.82) is 0 Å². The molecule has 0 saturated heterocycles. The molecule has 1 aromatic rings. The molecule has 22 heavy (non-hydrogen) atoms. The Labute approximate surface area is 125 Å². The number of aliphatic hydroxyl groups is 5. The average Bonchev–Trinajstić information content (AvgIpc) is 2.56. The number of rotatable bonds is 8. The number of hydrazine groups is 1. The van der Waals surface area contributed by atoms with Gasteiger partial charge in [0.15, 0.2) is 6.10 Å². The molecule has 1 rings (SSSR count). The van der Waals surface area contributed by atoms with Crippen LogP contribution in [-0.4, -0.2) is 68.2 Å². The van der Waals surface area contributed by atoms with Gasteiger partial charge >= 0.3 is 0 Å². The maximum Gasteiger partial charge on any atom is 0.274 e. The molecule has 1 aromatic carbocycles. The summed E-state index contributed by atoms with van der Waals surface area (Å²) in [6.07, 6.45) is -8.29. The van der Waals surface area contributed by atoms with Crippen LogP contribution in [0.2, 0.25) is 0 Å². The van der Waals surface area contributed by atoms with Gasteiger partial charge in [-0.05, 0) is 12.1 Å². The van der Waals surface area contributed by atoms with E-state index in [1.807, 2.05) is 0 Å². The zero-order chi connectivity index (χ0) is 16.7. The van der Waals surface area contributed by atoms with Gasteiger partial charge in [0.2, 0.25) is 5.78 Å². The highest BCUT2D eigenvalue weighted by Gasteiger charge is 2.36. The number of hydrogen-bond donors (Lipinski definition) is 7. The number of amides is 1. The summed E-state index contributed by atoms with van der Waals surface area (Å²) < 4.78 is 0. The SMILES string of the molecule is O=C(NNc1ccccc1)[C@H](O)C(=O)[C@H](O)[C@H](O)[C@H](O)CO. The Morgan fingerprint density at radius 2 is 1.64 bits per heavy atom. The van der Waals surface area contributed by atoms with Gasteiger partial charge in [-0.25, -0.2) is 0 Å². The normalized spacial score (nSPS) is 16.2. The lowest BCUT2D eigenvalue weighted by molar-refractivity contribution is -0.153. The van der Waals surface area contributed by atoms with Crippen molar-refractivity contribution in [3.63, 3.8) is 0 Å². The van der Waals surface area contributed by atoms with Crippen molar-refractivity contribution in [2.75, 3.05) is 12.0 Å². The molecule has 0 spiro atoms. The summed E-state index contributed by atoms with van der Waals surface area (Å²) >= 11 is 0. The molecule has 122 valence electrons. The molecule has 0 aliphatic rings. The van der Waals surface area contributed by atoms with Gasteiger partial charge in [0, 0.05) is 0 Å². The Morgan fingerprint density at radius 3 is 2.18 bits per heavy atom. The van der Waals surface area contributed by atoms with Crippen LogP contribution in [0.3, 0.4) is 0 Å². The van der Waals surface area contributed by atoms with Crippen LogP contribution in [0.15, 0.2) is 30.3 Å². The molecule has 0 aliphatic carbocycles. The number of nitrogens with one attached hydrogen (secondary N) is 2. The van der Waals surface area contributed by atoms with E-state index in [4.69, 9.17) is 10.2 Å². The van der Waals surface area contributed by atoms with Gasteiger partial charge in [-0.3, -0.25) is 20.4 Å². The Balaban J connectivity index is 2.56. The second-order valence-electron chi connectivity index (χ2n) is 4.47. The van der Waals surface area contributed by atoms with E-state index in [9.17, 15) is 24.9 Å². The minimum absolute atomic E-state index is 0.492. The van der Waals surface area contributed by atoms with Gasteiger partial charge in [0.05, 0.1) is 12.3 Å². The van der Waals surface area contributed by atoms with E-state index >= 15 is 0 Å². The molecule has 9 heteroatoms. The number of carbonyl (C=O) groups is 2. The topological polar surface area (TPSA) is 159 Å². The molecule has 0 radical (unpaired) electrons. The van der Waals surface area contributed by atoms with E-state index in [1.165, 1.54) is 0 Å². The Morgan fingerprint density at radius 1 is 1.05 bits per heavy atom. The van der Waals surface area contributed by atoms with Crippen LogP contribution in [0.4, 0.5) is 5.69 Å². The third kappa shape index (κ3) is 4.76. The molecular formula is C13H18N2O7. The lowest BCUT2D eigenvalue weighted by Crippen LogP contribution is -2.52. The third-order valence-corrected chi connectivity index (χ3v) is 2.82. The highest BCUT2D eigenvalue weighted by Crippen LogP contribution is 2.06. The Kier molecular flexibility index (Phi) is 6.89. The minimum atomic E-state index is -2.26. The standard InChI is InChI=1S/C13H18N2O7/c16-6-8(17)9(18)10(19)11(20)12(21)13(22)15-14-7-4-2-1-3-5-7/h1-5,8-10,12,14,16-19,21H,6H2,(H,15,22)/t8-,9-,10-,12-/m1/s1. The van der Waals surface area contributed by atoms with E-state index in [2.05, 4.69) is 10.9 Å². The van der Waals surface area contributed by atoms with E-state index in [1.54, 1.807) is 30.3 Å². The first-order valence-electron chi connectivity index (χ1n) is 6.36. The number of aliphatic hydroxyl groups excluding tert-OH is 5. The summed E-state index contributed by atoms with van der Waals surface area (Å²) in [7, 11) is 0. The molecule has 0 aliphatic heterocycles. The zero-order valence-electron chi connectivity index (χ0n) is 11.5. The molecule has 4 atom stereocenters. The van der Waals surface area contributed by atoms with Crippen LogP contribution >= 0.6 is 0 Å².